The molecule has 4 rings (SSSR count). The summed E-state index contributed by atoms with van der Waals surface area (Å²) in [4.78, 5) is 15.7. The summed E-state index contributed by atoms with van der Waals surface area (Å²) in [6, 6.07) is 0.254. The molecule has 0 N–H and O–H groups in total. The average molecular weight is 285 g/mol. The van der Waals surface area contributed by atoms with Crippen molar-refractivity contribution in [1.82, 2.24) is 25.0 Å². The van der Waals surface area contributed by atoms with E-state index in [-0.39, 0.29) is 6.04 Å². The average Bonchev–Trinajstić information content (AvgIpc) is 3.05. The van der Waals surface area contributed by atoms with Crippen molar-refractivity contribution in [2.75, 3.05) is 6.54 Å². The lowest BCUT2D eigenvalue weighted by Gasteiger charge is -2.21. The molecule has 2 aromatic heterocycles. The van der Waals surface area contributed by atoms with Gasteiger partial charge in [-0.2, -0.15) is 4.98 Å². The number of hydrogen-bond acceptors (Lipinski definition) is 6. The second kappa shape index (κ2) is 5.18. The molecule has 1 saturated heterocycles. The maximum Gasteiger partial charge on any atom is 0.229 e. The highest BCUT2D eigenvalue weighted by atomic mass is 16.5. The van der Waals surface area contributed by atoms with Crippen LogP contribution < -0.4 is 0 Å². The summed E-state index contributed by atoms with van der Waals surface area (Å²) in [5.41, 5.74) is 1.95. The summed E-state index contributed by atoms with van der Waals surface area (Å²) in [7, 11) is 0. The van der Waals surface area contributed by atoms with E-state index in [1.54, 1.807) is 0 Å². The van der Waals surface area contributed by atoms with Gasteiger partial charge in [-0.25, -0.2) is 0 Å². The Morgan fingerprint density at radius 3 is 2.90 bits per heavy atom. The van der Waals surface area contributed by atoms with Crippen LogP contribution in [0, 0.1) is 6.92 Å². The third kappa shape index (κ3) is 2.68. The monoisotopic (exact) mass is 285 g/mol. The first-order valence-corrected chi connectivity index (χ1v) is 7.64. The fourth-order valence-electron chi connectivity index (χ4n) is 2.90. The smallest absolute Gasteiger partial charge is 0.229 e. The lowest BCUT2D eigenvalue weighted by atomic mass is 10.2. The third-order valence-electron chi connectivity index (χ3n) is 4.25. The summed E-state index contributed by atoms with van der Waals surface area (Å²) in [5.74, 6) is 2.19. The predicted molar refractivity (Wildman–Crippen MR) is 75.4 cm³/mol. The SMILES string of the molecule is Cc1cnc(CN2CCC[C@@H]2c2noc(C3CC3)n2)cn1. The first-order chi connectivity index (χ1) is 10.3. The van der Waals surface area contributed by atoms with Gasteiger partial charge in [0, 0.05) is 24.9 Å². The molecule has 1 saturated carbocycles. The summed E-state index contributed by atoms with van der Waals surface area (Å²) in [5, 5.41) is 4.20. The van der Waals surface area contributed by atoms with Crippen LogP contribution in [-0.4, -0.2) is 31.6 Å². The molecule has 110 valence electrons. The Bertz CT molecular complexity index is 619. The molecular weight excluding hydrogens is 266 g/mol. The van der Waals surface area contributed by atoms with Gasteiger partial charge in [-0.3, -0.25) is 14.9 Å². The summed E-state index contributed by atoms with van der Waals surface area (Å²) in [6.45, 7) is 3.80. The van der Waals surface area contributed by atoms with Crippen molar-refractivity contribution < 1.29 is 4.52 Å². The van der Waals surface area contributed by atoms with Crippen molar-refractivity contribution in [1.29, 1.82) is 0 Å². The van der Waals surface area contributed by atoms with Crippen molar-refractivity contribution in [3.05, 3.63) is 35.5 Å². The molecule has 0 radical (unpaired) electrons. The highest BCUT2D eigenvalue weighted by Crippen LogP contribution is 2.40. The zero-order valence-corrected chi connectivity index (χ0v) is 12.2. The molecular formula is C15H19N5O. The largest absolute Gasteiger partial charge is 0.339 e. The normalized spacial score (nSPS) is 22.8. The molecule has 0 amide bonds. The number of aromatic nitrogens is 4. The van der Waals surface area contributed by atoms with Crippen molar-refractivity contribution in [2.45, 2.75) is 51.1 Å². The Kier molecular flexibility index (Phi) is 3.18. The number of likely N-dealkylation sites (tertiary alicyclic amines) is 1. The van der Waals surface area contributed by atoms with E-state index in [1.807, 2.05) is 19.3 Å². The number of aryl methyl sites for hydroxylation is 1. The van der Waals surface area contributed by atoms with Crippen molar-refractivity contribution in [3.63, 3.8) is 0 Å². The van der Waals surface area contributed by atoms with Crippen LogP contribution >= 0.6 is 0 Å². The van der Waals surface area contributed by atoms with Gasteiger partial charge in [-0.15, -0.1) is 0 Å². The van der Waals surface area contributed by atoms with Crippen molar-refractivity contribution >= 4 is 0 Å². The Morgan fingerprint density at radius 2 is 2.14 bits per heavy atom. The van der Waals surface area contributed by atoms with Crippen LogP contribution in [0.3, 0.4) is 0 Å². The molecule has 2 aliphatic rings. The van der Waals surface area contributed by atoms with Crippen LogP contribution in [0.15, 0.2) is 16.9 Å². The van der Waals surface area contributed by atoms with Gasteiger partial charge in [0.2, 0.25) is 5.89 Å². The van der Waals surface area contributed by atoms with Crippen LogP contribution in [0.25, 0.3) is 0 Å². The molecule has 2 aromatic rings. The number of hydrogen-bond donors (Lipinski definition) is 0. The van der Waals surface area contributed by atoms with E-state index in [4.69, 9.17) is 4.52 Å². The molecule has 0 unspecified atom stereocenters. The second-order valence-corrected chi connectivity index (χ2v) is 6.04. The van der Waals surface area contributed by atoms with E-state index in [2.05, 4.69) is 25.0 Å². The van der Waals surface area contributed by atoms with Gasteiger partial charge in [0.1, 0.15) is 0 Å². The molecule has 6 heteroatoms. The molecule has 0 bridgehead atoms. The topological polar surface area (TPSA) is 67.9 Å². The fourth-order valence-corrected chi connectivity index (χ4v) is 2.90. The predicted octanol–water partition coefficient (Wildman–Crippen LogP) is 2.38. The molecule has 2 fully saturated rings. The van der Waals surface area contributed by atoms with E-state index in [0.29, 0.717) is 5.92 Å². The fraction of sp³-hybridized carbons (Fsp3) is 0.600. The quantitative estimate of drug-likeness (QED) is 0.859. The Balaban J connectivity index is 1.49. The van der Waals surface area contributed by atoms with Crippen molar-refractivity contribution in [3.8, 4) is 0 Å². The van der Waals surface area contributed by atoms with E-state index in [0.717, 1.165) is 49.0 Å². The molecule has 21 heavy (non-hydrogen) atoms. The van der Waals surface area contributed by atoms with Gasteiger partial charge in [0.05, 0.1) is 17.4 Å². The molecule has 0 aromatic carbocycles. The molecule has 0 spiro atoms. The lowest BCUT2D eigenvalue weighted by molar-refractivity contribution is 0.231. The molecule has 1 aliphatic heterocycles. The molecule has 3 heterocycles. The standard InChI is InChI=1S/C15H19N5O/c1-10-7-17-12(8-16-10)9-20-6-2-3-13(20)14-18-15(21-19-14)11-4-5-11/h7-8,11,13H,2-6,9H2,1H3/t13-/m1/s1. The maximum atomic E-state index is 5.40. The minimum Gasteiger partial charge on any atom is -0.339 e. The highest BCUT2D eigenvalue weighted by Gasteiger charge is 2.34. The van der Waals surface area contributed by atoms with E-state index < -0.39 is 0 Å². The summed E-state index contributed by atoms with van der Waals surface area (Å²) >= 11 is 0. The van der Waals surface area contributed by atoms with Gasteiger partial charge in [0.25, 0.3) is 0 Å². The molecule has 6 nitrogen and oxygen atoms in total. The maximum absolute atomic E-state index is 5.40. The molecule has 1 atom stereocenters. The summed E-state index contributed by atoms with van der Waals surface area (Å²) in [6.07, 6.45) is 8.31. The Hall–Kier alpha value is -1.82. The van der Waals surface area contributed by atoms with Crippen LogP contribution in [0.4, 0.5) is 0 Å². The van der Waals surface area contributed by atoms with E-state index in [1.165, 1.54) is 12.8 Å². The molecule has 1 aliphatic carbocycles. The van der Waals surface area contributed by atoms with Gasteiger partial charge in [0.15, 0.2) is 5.82 Å². The van der Waals surface area contributed by atoms with E-state index in [9.17, 15) is 0 Å². The first kappa shape index (κ1) is 12.9. The van der Waals surface area contributed by atoms with Crippen LogP contribution in [0.5, 0.6) is 0 Å². The highest BCUT2D eigenvalue weighted by molar-refractivity contribution is 5.07. The first-order valence-electron chi connectivity index (χ1n) is 7.64. The zero-order chi connectivity index (χ0) is 14.2. The summed E-state index contributed by atoms with van der Waals surface area (Å²) < 4.78 is 5.40. The zero-order valence-electron chi connectivity index (χ0n) is 12.2. The lowest BCUT2D eigenvalue weighted by Crippen LogP contribution is -2.24. The van der Waals surface area contributed by atoms with Crippen molar-refractivity contribution in [2.24, 2.45) is 0 Å². The number of rotatable bonds is 4. The van der Waals surface area contributed by atoms with Gasteiger partial charge in [-0.1, -0.05) is 5.16 Å². The van der Waals surface area contributed by atoms with Gasteiger partial charge in [-0.05, 0) is 39.2 Å². The van der Waals surface area contributed by atoms with Crippen LogP contribution in [0.1, 0.15) is 60.7 Å². The number of nitrogens with zero attached hydrogens (tertiary/aromatic N) is 5. The van der Waals surface area contributed by atoms with Crippen LogP contribution in [0.2, 0.25) is 0 Å². The Morgan fingerprint density at radius 1 is 1.24 bits per heavy atom. The Labute approximate surface area is 123 Å². The van der Waals surface area contributed by atoms with Crippen LogP contribution in [-0.2, 0) is 6.54 Å². The van der Waals surface area contributed by atoms with Gasteiger partial charge < -0.3 is 4.52 Å². The van der Waals surface area contributed by atoms with Gasteiger partial charge >= 0.3 is 0 Å². The minimum absolute atomic E-state index is 0.254. The minimum atomic E-state index is 0.254. The third-order valence-corrected chi connectivity index (χ3v) is 4.25. The second-order valence-electron chi connectivity index (χ2n) is 6.04. The van der Waals surface area contributed by atoms with E-state index >= 15 is 0 Å².